The summed E-state index contributed by atoms with van der Waals surface area (Å²) in [5, 5.41) is 9.88. The largest absolute Gasteiger partial charge is 0.504 e. The van der Waals surface area contributed by atoms with E-state index in [0.717, 1.165) is 41.7 Å². The van der Waals surface area contributed by atoms with Crippen LogP contribution in [0, 0.1) is 11.6 Å². The van der Waals surface area contributed by atoms with Gasteiger partial charge in [0, 0.05) is 13.1 Å². The van der Waals surface area contributed by atoms with Crippen LogP contribution in [0.2, 0.25) is 0 Å². The fourth-order valence-electron chi connectivity index (χ4n) is 4.82. The maximum atomic E-state index is 14.6. The van der Waals surface area contributed by atoms with Crippen molar-refractivity contribution in [2.24, 2.45) is 0 Å². The van der Waals surface area contributed by atoms with Crippen molar-refractivity contribution in [3.05, 3.63) is 131 Å². The maximum absolute atomic E-state index is 14.6. The summed E-state index contributed by atoms with van der Waals surface area (Å²) in [5.41, 5.74) is 2.97. The molecule has 0 fully saturated rings. The van der Waals surface area contributed by atoms with Crippen LogP contribution in [-0.2, 0) is 39.5 Å². The number of sulfonamides is 2. The van der Waals surface area contributed by atoms with E-state index >= 15 is 0 Å². The molecule has 0 aliphatic heterocycles. The summed E-state index contributed by atoms with van der Waals surface area (Å²) in [6.45, 7) is 8.02. The van der Waals surface area contributed by atoms with Gasteiger partial charge in [0.1, 0.15) is 6.61 Å². The molecular weight excluding hydrogens is 727 g/mol. The number of phenols is 1. The Labute approximate surface area is 309 Å². The zero-order valence-electron chi connectivity index (χ0n) is 29.7. The molecule has 0 heterocycles. The van der Waals surface area contributed by atoms with Gasteiger partial charge in [0.2, 0.25) is 20.0 Å². The molecule has 5 aromatic rings. The molecule has 0 aliphatic carbocycles. The van der Waals surface area contributed by atoms with Gasteiger partial charge in [0.15, 0.2) is 46.1 Å². The minimum atomic E-state index is -3.75. The van der Waals surface area contributed by atoms with Gasteiger partial charge in [-0.25, -0.2) is 35.1 Å². The Kier molecular flexibility index (Phi) is 14.3. The molecule has 5 rings (SSSR count). The van der Waals surface area contributed by atoms with Gasteiger partial charge in [0.05, 0.1) is 9.79 Å². The van der Waals surface area contributed by atoms with Gasteiger partial charge in [-0.3, -0.25) is 0 Å². The first-order chi connectivity index (χ1) is 25.3. The van der Waals surface area contributed by atoms with Crippen molar-refractivity contribution < 1.29 is 44.9 Å². The van der Waals surface area contributed by atoms with Crippen molar-refractivity contribution in [1.29, 1.82) is 0 Å². The molecule has 0 radical (unpaired) electrons. The Morgan fingerprint density at radius 1 is 0.547 bits per heavy atom. The average molecular weight is 769 g/mol. The highest BCUT2D eigenvalue weighted by Crippen LogP contribution is 2.36. The SMILES string of the molecule is CCNS(=O)(=O)c1ccc(Oc2ccc(CC)cc2O)c(F)c1.CCNS(=O)(=O)c1ccc(Oc2ccc(CC)cc2OCc2ccccc2)c(F)c1. The summed E-state index contributed by atoms with van der Waals surface area (Å²) in [7, 11) is -7.48. The third-order valence-corrected chi connectivity index (χ3v) is 10.7. The number of benzene rings is 5. The van der Waals surface area contributed by atoms with Crippen LogP contribution in [0.25, 0.3) is 0 Å². The first kappa shape index (κ1) is 40.7. The van der Waals surface area contributed by atoms with E-state index in [1.165, 1.54) is 36.4 Å². The van der Waals surface area contributed by atoms with E-state index < -0.39 is 31.7 Å². The lowest BCUT2D eigenvalue weighted by atomic mass is 10.1. The number of ether oxygens (including phenoxy) is 3. The van der Waals surface area contributed by atoms with Crippen LogP contribution in [0.5, 0.6) is 34.5 Å². The number of halogens is 2. The number of aromatic hydroxyl groups is 1. The predicted octanol–water partition coefficient (Wildman–Crippen LogP) is 8.24. The number of rotatable bonds is 15. The molecule has 3 N–H and O–H groups in total. The quantitative estimate of drug-likeness (QED) is 0.0968. The fraction of sp³-hybridized carbons (Fsp3) is 0.231. The summed E-state index contributed by atoms with van der Waals surface area (Å²) in [6, 6.07) is 26.9. The molecule has 10 nitrogen and oxygen atoms in total. The topological polar surface area (TPSA) is 140 Å². The monoisotopic (exact) mass is 768 g/mol. The summed E-state index contributed by atoms with van der Waals surface area (Å²) in [6.07, 6.45) is 1.56. The highest BCUT2D eigenvalue weighted by Gasteiger charge is 2.19. The van der Waals surface area contributed by atoms with Gasteiger partial charge in [-0.05, 0) is 90.2 Å². The molecule has 0 saturated carbocycles. The zero-order valence-corrected chi connectivity index (χ0v) is 31.4. The molecule has 0 unspecified atom stereocenters. The molecule has 0 atom stereocenters. The predicted molar refractivity (Wildman–Crippen MR) is 199 cm³/mol. The number of hydrogen-bond acceptors (Lipinski definition) is 8. The van der Waals surface area contributed by atoms with Gasteiger partial charge in [-0.15, -0.1) is 0 Å². The van der Waals surface area contributed by atoms with E-state index in [4.69, 9.17) is 14.2 Å². The number of aryl methyl sites for hydroxylation is 2. The molecule has 53 heavy (non-hydrogen) atoms. The molecule has 282 valence electrons. The summed E-state index contributed by atoms with van der Waals surface area (Å²) in [5.74, 6) is -1.02. The van der Waals surface area contributed by atoms with Crippen molar-refractivity contribution in [2.45, 2.75) is 56.9 Å². The van der Waals surface area contributed by atoms with Crippen LogP contribution < -0.4 is 23.7 Å². The minimum absolute atomic E-state index is 0.0840. The third kappa shape index (κ3) is 11.2. The highest BCUT2D eigenvalue weighted by molar-refractivity contribution is 7.89. The average Bonchev–Trinajstić information content (AvgIpc) is 3.14. The van der Waals surface area contributed by atoms with E-state index in [0.29, 0.717) is 18.1 Å². The molecule has 0 aliphatic rings. The van der Waals surface area contributed by atoms with Crippen LogP contribution in [0.3, 0.4) is 0 Å². The Hall–Kier alpha value is -5.02. The van der Waals surface area contributed by atoms with E-state index in [1.807, 2.05) is 56.3 Å². The Morgan fingerprint density at radius 2 is 1.02 bits per heavy atom. The molecule has 0 saturated heterocycles. The summed E-state index contributed by atoms with van der Waals surface area (Å²) in [4.78, 5) is -0.342. The number of nitrogens with one attached hydrogen (secondary N) is 2. The summed E-state index contributed by atoms with van der Waals surface area (Å²) >= 11 is 0. The fourth-order valence-corrected chi connectivity index (χ4v) is 6.93. The molecule has 14 heteroatoms. The number of phenolic OH excluding ortho intramolecular Hbond substituents is 1. The molecule has 0 aromatic heterocycles. The van der Waals surface area contributed by atoms with Gasteiger partial charge in [0.25, 0.3) is 0 Å². The van der Waals surface area contributed by atoms with E-state index in [2.05, 4.69) is 9.44 Å². The van der Waals surface area contributed by atoms with Crippen LogP contribution >= 0.6 is 0 Å². The van der Waals surface area contributed by atoms with Gasteiger partial charge < -0.3 is 19.3 Å². The Balaban J connectivity index is 0.000000245. The Bertz CT molecular complexity index is 2220. The molecule has 5 aromatic carbocycles. The summed E-state index contributed by atoms with van der Waals surface area (Å²) < 4.78 is 98.0. The lowest BCUT2D eigenvalue weighted by Crippen LogP contribution is -2.23. The molecule has 0 bridgehead atoms. The highest BCUT2D eigenvalue weighted by atomic mass is 32.2. The second kappa shape index (κ2) is 18.6. The lowest BCUT2D eigenvalue weighted by molar-refractivity contribution is 0.289. The first-order valence-electron chi connectivity index (χ1n) is 16.9. The van der Waals surface area contributed by atoms with E-state index in [1.54, 1.807) is 26.0 Å². The van der Waals surface area contributed by atoms with Gasteiger partial charge in [-0.1, -0.05) is 70.2 Å². The minimum Gasteiger partial charge on any atom is -0.504 e. The maximum Gasteiger partial charge on any atom is 0.240 e. The normalized spacial score (nSPS) is 11.4. The van der Waals surface area contributed by atoms with Crippen LogP contribution in [-0.4, -0.2) is 35.0 Å². The second-order valence-corrected chi connectivity index (χ2v) is 15.0. The standard InChI is InChI=1S/C23H24FNO4S.C16H18FNO4S/c1-3-17-10-12-22(23(14-17)28-16-18-8-6-5-7-9-18)29-21-13-11-19(15-20(21)24)30(26,27)25-4-2;1-3-11-5-7-16(14(19)9-11)22-15-8-6-12(10-13(15)17)23(20,21)18-4-2/h5-15,25H,3-4,16H2,1-2H3;5-10,18-19H,3-4H2,1-2H3. The number of hydrogen-bond donors (Lipinski definition) is 3. The van der Waals surface area contributed by atoms with Crippen molar-refractivity contribution in [3.63, 3.8) is 0 Å². The zero-order chi connectivity index (χ0) is 38.6. The lowest BCUT2D eigenvalue weighted by Gasteiger charge is -2.15. The third-order valence-electron chi connectivity index (χ3n) is 7.62. The van der Waals surface area contributed by atoms with Crippen molar-refractivity contribution >= 4 is 20.0 Å². The van der Waals surface area contributed by atoms with Crippen molar-refractivity contribution in [1.82, 2.24) is 9.44 Å². The Morgan fingerprint density at radius 3 is 1.49 bits per heavy atom. The first-order valence-corrected chi connectivity index (χ1v) is 19.8. The van der Waals surface area contributed by atoms with E-state index in [9.17, 15) is 30.7 Å². The molecule has 0 spiro atoms. The van der Waals surface area contributed by atoms with Gasteiger partial charge in [-0.2, -0.15) is 0 Å². The molecule has 0 amide bonds. The van der Waals surface area contributed by atoms with Gasteiger partial charge >= 0.3 is 0 Å². The molecular formula is C39H42F2N2O8S2. The van der Waals surface area contributed by atoms with Crippen molar-refractivity contribution in [2.75, 3.05) is 13.1 Å². The van der Waals surface area contributed by atoms with Crippen LogP contribution in [0.15, 0.2) is 113 Å². The van der Waals surface area contributed by atoms with Crippen LogP contribution in [0.1, 0.15) is 44.4 Å². The second-order valence-electron chi connectivity index (χ2n) is 11.5. The van der Waals surface area contributed by atoms with Crippen molar-refractivity contribution in [3.8, 4) is 34.5 Å². The van der Waals surface area contributed by atoms with E-state index in [-0.39, 0.29) is 45.9 Å². The smallest absolute Gasteiger partial charge is 0.240 e. The van der Waals surface area contributed by atoms with Crippen LogP contribution in [0.4, 0.5) is 8.78 Å².